The highest BCUT2D eigenvalue weighted by Gasteiger charge is 2.44. The number of hydrogen-bond acceptors (Lipinski definition) is 5. The summed E-state index contributed by atoms with van der Waals surface area (Å²) in [6.45, 7) is -0.277. The smallest absolute Gasteiger partial charge is 0.416 e. The summed E-state index contributed by atoms with van der Waals surface area (Å²) in [6.07, 6.45) is -2.36. The first kappa shape index (κ1) is 25.7. The quantitative estimate of drug-likeness (QED) is 0.462. The standard InChI is InChI=1S/C22H19F5N4O4/c1-13(21(35,10-30-12-28-11-29-30)17-7-6-16(23)8-18(17)24)31(9-19(32)33)20(34)14-2-4-15(5-3-14)22(25,26)27/h2-8,11-13,35H,9-10H2,1H3,(H,32,33). The Bertz CT molecular complexity index is 1200. The highest BCUT2D eigenvalue weighted by atomic mass is 19.4. The van der Waals surface area contributed by atoms with Crippen LogP contribution >= 0.6 is 0 Å². The van der Waals surface area contributed by atoms with E-state index in [1.807, 2.05) is 0 Å². The Morgan fingerprint density at radius 2 is 1.77 bits per heavy atom. The lowest BCUT2D eigenvalue weighted by molar-refractivity contribution is -0.140. The predicted octanol–water partition coefficient (Wildman–Crippen LogP) is 3.08. The number of amides is 1. The van der Waals surface area contributed by atoms with Crippen molar-refractivity contribution in [2.45, 2.75) is 31.3 Å². The number of alkyl halides is 3. The van der Waals surface area contributed by atoms with E-state index in [1.165, 1.54) is 13.3 Å². The van der Waals surface area contributed by atoms with Crippen LogP contribution in [0.5, 0.6) is 0 Å². The number of carbonyl (C=O) groups is 2. The second-order valence-corrected chi connectivity index (χ2v) is 7.72. The average molecular weight is 498 g/mol. The molecule has 1 heterocycles. The van der Waals surface area contributed by atoms with Gasteiger partial charge in [-0.25, -0.2) is 18.4 Å². The molecule has 1 amide bonds. The summed E-state index contributed by atoms with van der Waals surface area (Å²) in [5.74, 6) is -4.64. The molecule has 2 N–H and O–H groups in total. The molecule has 13 heteroatoms. The van der Waals surface area contributed by atoms with Crippen molar-refractivity contribution in [3.8, 4) is 0 Å². The number of hydrogen-bond donors (Lipinski definition) is 2. The summed E-state index contributed by atoms with van der Waals surface area (Å²) in [5, 5.41) is 24.9. The number of aliphatic carboxylic acids is 1. The number of nitrogens with zero attached hydrogens (tertiary/aromatic N) is 4. The maximum atomic E-state index is 14.8. The van der Waals surface area contributed by atoms with E-state index in [0.29, 0.717) is 23.1 Å². The van der Waals surface area contributed by atoms with Crippen LogP contribution in [0.3, 0.4) is 0 Å². The Hall–Kier alpha value is -3.87. The van der Waals surface area contributed by atoms with Crippen molar-refractivity contribution in [2.24, 2.45) is 0 Å². The topological polar surface area (TPSA) is 109 Å². The summed E-state index contributed by atoms with van der Waals surface area (Å²) < 4.78 is 68.1. The second kappa shape index (κ2) is 9.78. The van der Waals surface area contributed by atoms with Gasteiger partial charge in [-0.15, -0.1) is 0 Å². The zero-order chi connectivity index (χ0) is 26.0. The molecule has 3 aromatic rings. The minimum atomic E-state index is -4.66. The lowest BCUT2D eigenvalue weighted by Crippen LogP contribution is -2.55. The number of carboxylic acids is 1. The molecule has 1 aromatic heterocycles. The van der Waals surface area contributed by atoms with Gasteiger partial charge >= 0.3 is 12.1 Å². The van der Waals surface area contributed by atoms with Gasteiger partial charge in [-0.3, -0.25) is 9.59 Å². The molecule has 0 aliphatic carbocycles. The Balaban J connectivity index is 2.07. The third-order valence-corrected chi connectivity index (χ3v) is 5.45. The van der Waals surface area contributed by atoms with Crippen LogP contribution in [0.25, 0.3) is 0 Å². The number of carboxylic acid groups (broad SMARTS) is 1. The molecular formula is C22H19F5N4O4. The normalized spacial score (nSPS) is 14.3. The van der Waals surface area contributed by atoms with E-state index < -0.39 is 65.5 Å². The van der Waals surface area contributed by atoms with E-state index >= 15 is 0 Å². The highest BCUT2D eigenvalue weighted by molar-refractivity contribution is 5.96. The average Bonchev–Trinajstić information content (AvgIpc) is 3.28. The zero-order valence-corrected chi connectivity index (χ0v) is 18.1. The van der Waals surface area contributed by atoms with Gasteiger partial charge in [0.05, 0.1) is 18.2 Å². The number of aliphatic hydroxyl groups is 1. The molecule has 2 unspecified atom stereocenters. The number of aromatic nitrogens is 3. The van der Waals surface area contributed by atoms with Crippen LogP contribution in [0.4, 0.5) is 22.0 Å². The number of benzene rings is 2. The monoisotopic (exact) mass is 498 g/mol. The molecule has 0 saturated carbocycles. The molecule has 0 spiro atoms. The van der Waals surface area contributed by atoms with Gasteiger partial charge in [0.2, 0.25) is 0 Å². The lowest BCUT2D eigenvalue weighted by Gasteiger charge is -2.40. The fourth-order valence-electron chi connectivity index (χ4n) is 3.60. The van der Waals surface area contributed by atoms with Crippen LogP contribution in [0.2, 0.25) is 0 Å². The van der Waals surface area contributed by atoms with E-state index in [9.17, 15) is 41.8 Å². The number of carbonyl (C=O) groups excluding carboxylic acids is 1. The van der Waals surface area contributed by atoms with E-state index in [-0.39, 0.29) is 5.56 Å². The maximum Gasteiger partial charge on any atom is 0.416 e. The fourth-order valence-corrected chi connectivity index (χ4v) is 3.60. The van der Waals surface area contributed by atoms with Gasteiger partial charge in [-0.05, 0) is 37.3 Å². The summed E-state index contributed by atoms with van der Waals surface area (Å²) in [4.78, 5) is 29.1. The molecule has 2 aromatic carbocycles. The first-order chi connectivity index (χ1) is 16.3. The first-order valence-corrected chi connectivity index (χ1v) is 10.0. The number of halogens is 5. The van der Waals surface area contributed by atoms with Crippen molar-refractivity contribution < 1.29 is 41.8 Å². The van der Waals surface area contributed by atoms with Crippen LogP contribution in [-0.4, -0.2) is 54.3 Å². The minimum absolute atomic E-state index is 0.297. The van der Waals surface area contributed by atoms with Crippen molar-refractivity contribution in [2.75, 3.05) is 6.54 Å². The molecule has 0 aliphatic heterocycles. The molecule has 3 rings (SSSR count). The molecule has 0 bridgehead atoms. The fraction of sp³-hybridized carbons (Fsp3) is 0.273. The Morgan fingerprint density at radius 3 is 2.29 bits per heavy atom. The Kier molecular flexibility index (Phi) is 7.19. The zero-order valence-electron chi connectivity index (χ0n) is 18.1. The van der Waals surface area contributed by atoms with Crippen molar-refractivity contribution in [1.82, 2.24) is 19.7 Å². The molecule has 8 nitrogen and oxygen atoms in total. The van der Waals surface area contributed by atoms with Crippen LogP contribution < -0.4 is 0 Å². The summed E-state index contributed by atoms with van der Waals surface area (Å²) in [6, 6.07) is 3.86. The molecule has 0 fully saturated rings. The van der Waals surface area contributed by atoms with Gasteiger partial charge in [0, 0.05) is 17.2 Å². The van der Waals surface area contributed by atoms with Crippen molar-refractivity contribution >= 4 is 11.9 Å². The SMILES string of the molecule is CC(N(CC(=O)O)C(=O)c1ccc(C(F)(F)F)cc1)C(O)(Cn1cncn1)c1ccc(F)cc1F. The van der Waals surface area contributed by atoms with Crippen LogP contribution in [0, 0.1) is 11.6 Å². The number of rotatable bonds is 8. The first-order valence-electron chi connectivity index (χ1n) is 10.0. The molecule has 0 radical (unpaired) electrons. The summed E-state index contributed by atoms with van der Waals surface area (Å²) >= 11 is 0. The third kappa shape index (κ3) is 5.62. The van der Waals surface area contributed by atoms with Gasteiger partial charge < -0.3 is 15.1 Å². The maximum absolute atomic E-state index is 14.8. The predicted molar refractivity (Wildman–Crippen MR) is 110 cm³/mol. The van der Waals surface area contributed by atoms with E-state index in [2.05, 4.69) is 10.1 Å². The van der Waals surface area contributed by atoms with Crippen molar-refractivity contribution in [3.05, 3.63) is 83.4 Å². The van der Waals surface area contributed by atoms with E-state index in [0.717, 1.165) is 35.3 Å². The largest absolute Gasteiger partial charge is 0.480 e. The molecule has 0 aliphatic rings. The van der Waals surface area contributed by atoms with Gasteiger partial charge in [-0.2, -0.15) is 18.3 Å². The Morgan fingerprint density at radius 1 is 1.11 bits per heavy atom. The molecule has 186 valence electrons. The van der Waals surface area contributed by atoms with Gasteiger partial charge in [0.15, 0.2) is 0 Å². The van der Waals surface area contributed by atoms with Crippen LogP contribution in [0.1, 0.15) is 28.4 Å². The van der Waals surface area contributed by atoms with Crippen molar-refractivity contribution in [1.29, 1.82) is 0 Å². The van der Waals surface area contributed by atoms with Gasteiger partial charge in [-0.1, -0.05) is 6.07 Å². The lowest BCUT2D eigenvalue weighted by atomic mass is 9.85. The second-order valence-electron chi connectivity index (χ2n) is 7.72. The highest BCUT2D eigenvalue weighted by Crippen LogP contribution is 2.34. The van der Waals surface area contributed by atoms with Crippen molar-refractivity contribution in [3.63, 3.8) is 0 Å². The van der Waals surface area contributed by atoms with Gasteiger partial charge in [0.25, 0.3) is 5.91 Å². The van der Waals surface area contributed by atoms with Crippen LogP contribution in [0.15, 0.2) is 55.1 Å². The van der Waals surface area contributed by atoms with E-state index in [1.54, 1.807) is 0 Å². The summed E-state index contributed by atoms with van der Waals surface area (Å²) in [5.41, 5.74) is -4.14. The van der Waals surface area contributed by atoms with Gasteiger partial charge in [0.1, 0.15) is 36.4 Å². The molecule has 2 atom stereocenters. The van der Waals surface area contributed by atoms with Crippen LogP contribution in [-0.2, 0) is 23.1 Å². The van der Waals surface area contributed by atoms with E-state index in [4.69, 9.17) is 0 Å². The minimum Gasteiger partial charge on any atom is -0.480 e. The Labute approximate surface area is 195 Å². The third-order valence-electron chi connectivity index (χ3n) is 5.45. The summed E-state index contributed by atoms with van der Waals surface area (Å²) in [7, 11) is 0. The molecule has 35 heavy (non-hydrogen) atoms. The molecular weight excluding hydrogens is 479 g/mol. The molecule has 0 saturated heterocycles.